The number of hydrazine groups is 1. The predicted molar refractivity (Wildman–Crippen MR) is 31.8 cm³/mol. The van der Waals surface area contributed by atoms with Crippen molar-refractivity contribution in [1.29, 1.82) is 0 Å². The van der Waals surface area contributed by atoms with Crippen LogP contribution >= 0.6 is 0 Å². The van der Waals surface area contributed by atoms with Gasteiger partial charge in [-0.25, -0.2) is 5.84 Å². The molecule has 3 heteroatoms. The smallest absolute Gasteiger partial charge is 0.259 e. The van der Waals surface area contributed by atoms with Gasteiger partial charge in [0.25, 0.3) is 5.91 Å². The lowest BCUT2D eigenvalue weighted by Gasteiger charge is -2.03. The van der Waals surface area contributed by atoms with Gasteiger partial charge in [-0.15, -0.1) is 0 Å². The Hall–Kier alpha value is -0.830. The van der Waals surface area contributed by atoms with Crippen molar-refractivity contribution in [2.45, 2.75) is 6.92 Å². The number of nitrogens with two attached hydrogens (primary N) is 1. The molecule has 0 saturated carbocycles. The van der Waals surface area contributed by atoms with Gasteiger partial charge in [0.05, 0.1) is 0 Å². The van der Waals surface area contributed by atoms with Crippen LogP contribution in [0.1, 0.15) is 6.92 Å². The van der Waals surface area contributed by atoms with Crippen LogP contribution in [0, 0.1) is 0 Å². The summed E-state index contributed by atoms with van der Waals surface area (Å²) >= 11 is 0. The van der Waals surface area contributed by atoms with Crippen LogP contribution in [0.2, 0.25) is 0 Å². The topological polar surface area (TPSA) is 46.3 Å². The van der Waals surface area contributed by atoms with E-state index in [0.717, 1.165) is 5.01 Å². The van der Waals surface area contributed by atoms with Gasteiger partial charge in [-0.1, -0.05) is 6.08 Å². The van der Waals surface area contributed by atoms with Gasteiger partial charge in [0, 0.05) is 13.1 Å². The zero-order valence-corrected chi connectivity index (χ0v) is 5.09. The first-order chi connectivity index (χ1) is 3.68. The molecule has 0 aliphatic rings. The summed E-state index contributed by atoms with van der Waals surface area (Å²) in [6, 6.07) is 0. The average molecular weight is 114 g/mol. The number of allylic oxidation sites excluding steroid dienone is 1. The normalized spacial score (nSPS) is 9.88. The van der Waals surface area contributed by atoms with Crippen molar-refractivity contribution in [1.82, 2.24) is 5.01 Å². The molecule has 3 nitrogen and oxygen atoms in total. The number of rotatable bonds is 1. The van der Waals surface area contributed by atoms with E-state index >= 15 is 0 Å². The Balaban J connectivity index is 3.66. The van der Waals surface area contributed by atoms with Gasteiger partial charge in [0.1, 0.15) is 0 Å². The molecule has 46 valence electrons. The maximum atomic E-state index is 10.5. The minimum Gasteiger partial charge on any atom is -0.280 e. The fraction of sp³-hybridized carbons (Fsp3) is 0.400. The Morgan fingerprint density at radius 3 is 2.38 bits per heavy atom. The molecule has 0 unspecified atom stereocenters. The van der Waals surface area contributed by atoms with Gasteiger partial charge in [0.15, 0.2) is 0 Å². The van der Waals surface area contributed by atoms with Gasteiger partial charge in [0.2, 0.25) is 0 Å². The molecule has 0 spiro atoms. The van der Waals surface area contributed by atoms with Crippen molar-refractivity contribution in [3.63, 3.8) is 0 Å². The highest BCUT2D eigenvalue weighted by Crippen LogP contribution is 1.75. The lowest BCUT2D eigenvalue weighted by atomic mass is 10.5. The zero-order chi connectivity index (χ0) is 6.57. The Labute approximate surface area is 48.7 Å². The maximum Gasteiger partial charge on any atom is 0.259 e. The molecule has 0 atom stereocenters. The molecule has 0 heterocycles. The summed E-state index contributed by atoms with van der Waals surface area (Å²) in [6.07, 6.45) is 3.05. The molecular weight excluding hydrogens is 104 g/mol. The molecule has 0 rings (SSSR count). The van der Waals surface area contributed by atoms with Crippen molar-refractivity contribution in [2.24, 2.45) is 5.84 Å². The third-order valence-electron chi connectivity index (χ3n) is 0.657. The number of amides is 1. The first kappa shape index (κ1) is 7.17. The van der Waals surface area contributed by atoms with E-state index in [9.17, 15) is 4.79 Å². The Morgan fingerprint density at radius 2 is 2.25 bits per heavy atom. The molecule has 1 amide bonds. The highest BCUT2D eigenvalue weighted by Gasteiger charge is 1.93. The summed E-state index contributed by atoms with van der Waals surface area (Å²) in [7, 11) is 1.50. The van der Waals surface area contributed by atoms with Crippen LogP contribution in [0.4, 0.5) is 0 Å². The minimum atomic E-state index is -0.187. The van der Waals surface area contributed by atoms with Crippen LogP contribution in [0.3, 0.4) is 0 Å². The van der Waals surface area contributed by atoms with Crippen molar-refractivity contribution in [3.05, 3.63) is 12.2 Å². The van der Waals surface area contributed by atoms with Crippen molar-refractivity contribution >= 4 is 5.91 Å². The second kappa shape index (κ2) is 3.21. The van der Waals surface area contributed by atoms with Crippen molar-refractivity contribution in [2.75, 3.05) is 7.05 Å². The van der Waals surface area contributed by atoms with Gasteiger partial charge >= 0.3 is 0 Å². The van der Waals surface area contributed by atoms with E-state index in [-0.39, 0.29) is 5.91 Å². The lowest BCUT2D eigenvalue weighted by Crippen LogP contribution is -2.31. The maximum absolute atomic E-state index is 10.5. The minimum absolute atomic E-state index is 0.187. The van der Waals surface area contributed by atoms with Crippen LogP contribution in [-0.2, 0) is 4.79 Å². The van der Waals surface area contributed by atoms with Crippen molar-refractivity contribution in [3.8, 4) is 0 Å². The van der Waals surface area contributed by atoms with Crippen molar-refractivity contribution < 1.29 is 4.79 Å². The SMILES string of the molecule is C/C=C/C(=O)N(C)N. The summed E-state index contributed by atoms with van der Waals surface area (Å²) < 4.78 is 0. The summed E-state index contributed by atoms with van der Waals surface area (Å²) in [5.74, 6) is 4.87. The van der Waals surface area contributed by atoms with Crippen LogP contribution in [0.15, 0.2) is 12.2 Å². The fourth-order valence-electron chi connectivity index (χ4n) is 0.260. The highest BCUT2D eigenvalue weighted by molar-refractivity contribution is 5.86. The standard InChI is InChI=1S/C5H10N2O/c1-3-4-5(8)7(2)6/h3-4H,6H2,1-2H3/b4-3+. The second-order valence-corrected chi connectivity index (χ2v) is 1.45. The van der Waals surface area contributed by atoms with Crippen LogP contribution in [0.5, 0.6) is 0 Å². The molecule has 0 radical (unpaired) electrons. The highest BCUT2D eigenvalue weighted by atomic mass is 16.2. The number of hydrogen-bond acceptors (Lipinski definition) is 2. The molecule has 0 aromatic carbocycles. The van der Waals surface area contributed by atoms with Gasteiger partial charge in [-0.2, -0.15) is 0 Å². The number of hydrogen-bond donors (Lipinski definition) is 1. The molecule has 0 saturated heterocycles. The van der Waals surface area contributed by atoms with E-state index in [1.807, 2.05) is 0 Å². The monoisotopic (exact) mass is 114 g/mol. The van der Waals surface area contributed by atoms with E-state index in [4.69, 9.17) is 5.84 Å². The number of carbonyl (C=O) groups excluding carboxylic acids is 1. The van der Waals surface area contributed by atoms with Crippen LogP contribution in [0.25, 0.3) is 0 Å². The van der Waals surface area contributed by atoms with Gasteiger partial charge < -0.3 is 0 Å². The average Bonchev–Trinajstić information content (AvgIpc) is 1.67. The molecule has 8 heavy (non-hydrogen) atoms. The Morgan fingerprint density at radius 1 is 1.75 bits per heavy atom. The molecule has 0 aliphatic carbocycles. The molecule has 0 fully saturated rings. The summed E-state index contributed by atoms with van der Waals surface area (Å²) in [5, 5.41) is 1.03. The quantitative estimate of drug-likeness (QED) is 0.224. The number of carbonyl (C=O) groups is 1. The summed E-state index contributed by atoms with van der Waals surface area (Å²) in [6.45, 7) is 1.77. The molecule has 0 aromatic heterocycles. The van der Waals surface area contributed by atoms with E-state index < -0.39 is 0 Å². The summed E-state index contributed by atoms with van der Waals surface area (Å²) in [4.78, 5) is 10.5. The number of likely N-dealkylation sites (N-methyl/N-ethyl adjacent to an activating group) is 1. The zero-order valence-electron chi connectivity index (χ0n) is 5.09. The van der Waals surface area contributed by atoms with Gasteiger partial charge in [-0.05, 0) is 6.92 Å². The molecular formula is C5H10N2O. The van der Waals surface area contributed by atoms with Crippen LogP contribution < -0.4 is 5.84 Å². The predicted octanol–water partition coefficient (Wildman–Crippen LogP) is -0.105. The molecule has 0 aliphatic heterocycles. The molecule has 0 bridgehead atoms. The van der Waals surface area contributed by atoms with Crippen LogP contribution in [-0.4, -0.2) is 18.0 Å². The second-order valence-electron chi connectivity index (χ2n) is 1.45. The molecule has 0 aromatic rings. The summed E-state index contributed by atoms with van der Waals surface area (Å²) in [5.41, 5.74) is 0. The van der Waals surface area contributed by atoms with Gasteiger partial charge in [-0.3, -0.25) is 9.80 Å². The largest absolute Gasteiger partial charge is 0.280 e. The first-order valence-corrected chi connectivity index (χ1v) is 2.33. The lowest BCUT2D eigenvalue weighted by molar-refractivity contribution is -0.125. The van der Waals surface area contributed by atoms with E-state index in [0.29, 0.717) is 0 Å². The fourth-order valence-corrected chi connectivity index (χ4v) is 0.260. The number of nitrogens with zero attached hydrogens (tertiary/aromatic N) is 1. The third-order valence-corrected chi connectivity index (χ3v) is 0.657. The van der Waals surface area contributed by atoms with E-state index in [1.165, 1.54) is 13.1 Å². The van der Waals surface area contributed by atoms with E-state index in [1.54, 1.807) is 13.0 Å². The Kier molecular flexibility index (Phi) is 2.88. The third kappa shape index (κ3) is 2.36. The molecule has 2 N–H and O–H groups in total. The Bertz CT molecular complexity index is 107. The first-order valence-electron chi connectivity index (χ1n) is 2.33. The van der Waals surface area contributed by atoms with E-state index in [2.05, 4.69) is 0 Å².